The molecule has 0 aliphatic carbocycles. The van der Waals surface area contributed by atoms with E-state index in [4.69, 9.17) is 5.11 Å². The number of hydrogen-bond donors (Lipinski definition) is 2. The molecule has 0 aromatic heterocycles. The summed E-state index contributed by atoms with van der Waals surface area (Å²) < 4.78 is 60.8. The number of hydrogen-bond acceptors (Lipinski definition) is 5. The Kier molecular flexibility index (Phi) is 3.78. The molecule has 0 atom stereocenters. The minimum atomic E-state index is -4.12. The van der Waals surface area contributed by atoms with Crippen molar-refractivity contribution in [3.05, 3.63) is 18.2 Å². The fraction of sp³-hybridized carbons (Fsp3) is 0.417. The minimum absolute atomic E-state index is 0.284. The lowest BCUT2D eigenvalue weighted by Crippen LogP contribution is -2.44. The number of nitrogens with one attached hydrogen (secondary N) is 1. The van der Waals surface area contributed by atoms with Gasteiger partial charge in [-0.1, -0.05) is 0 Å². The first kappa shape index (κ1) is 16.4. The number of carboxylic acid groups (broad SMARTS) is 1. The summed E-state index contributed by atoms with van der Waals surface area (Å²) in [6.07, 6.45) is -4.30. The van der Waals surface area contributed by atoms with Crippen LogP contribution >= 0.6 is 0 Å². The molecule has 0 fully saturated rings. The molecule has 1 aliphatic rings. The second-order valence-corrected chi connectivity index (χ2v) is 7.02. The number of halogens is 2. The van der Waals surface area contributed by atoms with Gasteiger partial charge in [-0.25, -0.2) is 13.1 Å². The normalized spacial score (nSPS) is 16.5. The van der Waals surface area contributed by atoms with Crippen LogP contribution in [0.25, 0.3) is 0 Å². The molecule has 1 heterocycles. The van der Waals surface area contributed by atoms with Crippen LogP contribution < -0.4 is 14.2 Å². The Morgan fingerprint density at radius 1 is 1.32 bits per heavy atom. The second-order valence-electron chi connectivity index (χ2n) is 5.34. The molecule has 122 valence electrons. The van der Waals surface area contributed by atoms with Crippen molar-refractivity contribution in [2.45, 2.75) is 37.0 Å². The van der Waals surface area contributed by atoms with E-state index < -0.39 is 40.0 Å². The van der Waals surface area contributed by atoms with Gasteiger partial charge in [0.25, 0.3) is 0 Å². The largest absolute Gasteiger partial charge is 0.586 e. The molecule has 0 saturated carbocycles. The van der Waals surface area contributed by atoms with Crippen molar-refractivity contribution in [3.63, 3.8) is 0 Å². The predicted molar refractivity (Wildman–Crippen MR) is 69.3 cm³/mol. The number of fused-ring (bicyclic) bond motifs is 1. The van der Waals surface area contributed by atoms with Gasteiger partial charge in [0.2, 0.25) is 10.0 Å². The summed E-state index contributed by atoms with van der Waals surface area (Å²) >= 11 is 0. The highest BCUT2D eigenvalue weighted by Gasteiger charge is 2.44. The van der Waals surface area contributed by atoms with Crippen LogP contribution in [-0.2, 0) is 14.8 Å². The predicted octanol–water partition coefficient (Wildman–Crippen LogP) is 1.54. The van der Waals surface area contributed by atoms with Crippen LogP contribution in [0.1, 0.15) is 20.3 Å². The summed E-state index contributed by atoms with van der Waals surface area (Å²) in [5.74, 6) is -1.88. The fourth-order valence-electron chi connectivity index (χ4n) is 1.93. The number of carboxylic acids is 1. The summed E-state index contributed by atoms with van der Waals surface area (Å²) in [4.78, 5) is 10.4. The van der Waals surface area contributed by atoms with E-state index in [-0.39, 0.29) is 10.6 Å². The summed E-state index contributed by atoms with van der Waals surface area (Å²) in [6.45, 7) is 2.78. The Labute approximate surface area is 124 Å². The maximum absolute atomic E-state index is 12.9. The topological polar surface area (TPSA) is 102 Å². The molecule has 0 radical (unpaired) electrons. The summed E-state index contributed by atoms with van der Waals surface area (Å²) in [7, 11) is -4.12. The van der Waals surface area contributed by atoms with Gasteiger partial charge in [0.1, 0.15) is 0 Å². The molecule has 1 aliphatic heterocycles. The molecule has 2 rings (SSSR count). The van der Waals surface area contributed by atoms with Crippen molar-refractivity contribution in [1.82, 2.24) is 4.72 Å². The van der Waals surface area contributed by atoms with Crippen LogP contribution in [0.2, 0.25) is 0 Å². The van der Waals surface area contributed by atoms with Gasteiger partial charge in [-0.3, -0.25) is 4.79 Å². The van der Waals surface area contributed by atoms with Crippen LogP contribution in [0, 0.1) is 0 Å². The van der Waals surface area contributed by atoms with Crippen molar-refractivity contribution in [1.29, 1.82) is 0 Å². The Bertz CT molecular complexity index is 716. The number of sulfonamides is 1. The lowest BCUT2D eigenvalue weighted by Gasteiger charge is -2.23. The summed E-state index contributed by atoms with van der Waals surface area (Å²) in [6, 6.07) is 2.98. The van der Waals surface area contributed by atoms with Crippen molar-refractivity contribution in [2.24, 2.45) is 0 Å². The zero-order valence-electron chi connectivity index (χ0n) is 11.6. The van der Waals surface area contributed by atoms with Gasteiger partial charge in [0, 0.05) is 11.6 Å². The first-order valence-electron chi connectivity index (χ1n) is 6.06. The summed E-state index contributed by atoms with van der Waals surface area (Å²) in [5.41, 5.74) is -1.26. The molecule has 7 nitrogen and oxygen atoms in total. The number of rotatable bonds is 5. The molecule has 0 unspecified atom stereocenters. The highest BCUT2D eigenvalue weighted by molar-refractivity contribution is 7.89. The Balaban J connectivity index is 2.27. The van der Waals surface area contributed by atoms with Crippen LogP contribution in [-0.4, -0.2) is 31.3 Å². The third kappa shape index (κ3) is 3.63. The number of ether oxygens (including phenoxy) is 2. The maximum Gasteiger partial charge on any atom is 0.586 e. The third-order valence-electron chi connectivity index (χ3n) is 2.69. The van der Waals surface area contributed by atoms with Gasteiger partial charge in [0.05, 0.1) is 11.3 Å². The quantitative estimate of drug-likeness (QED) is 0.845. The lowest BCUT2D eigenvalue weighted by molar-refractivity contribution is -0.286. The number of alkyl halides is 2. The first-order valence-corrected chi connectivity index (χ1v) is 7.54. The monoisotopic (exact) mass is 337 g/mol. The molecular weight excluding hydrogens is 324 g/mol. The lowest BCUT2D eigenvalue weighted by atomic mass is 10.0. The maximum atomic E-state index is 12.9. The number of benzene rings is 1. The van der Waals surface area contributed by atoms with Gasteiger partial charge in [0.15, 0.2) is 11.5 Å². The Hall–Kier alpha value is -1.94. The number of aliphatic carboxylic acids is 1. The van der Waals surface area contributed by atoms with E-state index >= 15 is 0 Å². The molecule has 0 bridgehead atoms. The minimum Gasteiger partial charge on any atom is -0.481 e. The smallest absolute Gasteiger partial charge is 0.481 e. The zero-order chi connectivity index (χ0) is 16.8. The van der Waals surface area contributed by atoms with Gasteiger partial charge >= 0.3 is 12.3 Å². The van der Waals surface area contributed by atoms with Crippen LogP contribution in [0.15, 0.2) is 23.1 Å². The number of carbonyl (C=O) groups is 1. The fourth-order valence-corrected chi connectivity index (χ4v) is 3.36. The van der Waals surface area contributed by atoms with E-state index in [1.165, 1.54) is 13.8 Å². The van der Waals surface area contributed by atoms with Gasteiger partial charge < -0.3 is 14.6 Å². The molecule has 0 amide bonds. The molecule has 0 saturated heterocycles. The SMILES string of the molecule is CC(C)(CC(=O)O)NS(=O)(=O)c1ccc2c(c1)OC(F)(F)O2. The third-order valence-corrected chi connectivity index (χ3v) is 4.38. The zero-order valence-corrected chi connectivity index (χ0v) is 12.4. The van der Waals surface area contributed by atoms with E-state index in [1.807, 2.05) is 0 Å². The van der Waals surface area contributed by atoms with Gasteiger partial charge in [-0.2, -0.15) is 0 Å². The summed E-state index contributed by atoms with van der Waals surface area (Å²) in [5, 5.41) is 8.75. The van der Waals surface area contributed by atoms with Crippen molar-refractivity contribution in [3.8, 4) is 11.5 Å². The van der Waals surface area contributed by atoms with Crippen molar-refractivity contribution in [2.75, 3.05) is 0 Å². The molecule has 22 heavy (non-hydrogen) atoms. The van der Waals surface area contributed by atoms with Crippen molar-refractivity contribution >= 4 is 16.0 Å². The second kappa shape index (κ2) is 5.06. The van der Waals surface area contributed by atoms with Gasteiger partial charge in [-0.15, -0.1) is 8.78 Å². The molecule has 2 N–H and O–H groups in total. The van der Waals surface area contributed by atoms with Gasteiger partial charge in [-0.05, 0) is 26.0 Å². The standard InChI is InChI=1S/C12H13F2NO6S/c1-11(2,6-10(16)17)15-22(18,19)7-3-4-8-9(5-7)21-12(13,14)20-8/h3-5,15H,6H2,1-2H3,(H,16,17). The highest BCUT2D eigenvalue weighted by atomic mass is 32.2. The Morgan fingerprint density at radius 2 is 1.91 bits per heavy atom. The first-order chi connectivity index (χ1) is 9.90. The van der Waals surface area contributed by atoms with E-state index in [2.05, 4.69) is 14.2 Å². The van der Waals surface area contributed by atoms with E-state index in [0.717, 1.165) is 18.2 Å². The average Bonchev–Trinajstić information content (AvgIpc) is 2.57. The van der Waals surface area contributed by atoms with Crippen molar-refractivity contribution < 1.29 is 36.6 Å². The Morgan fingerprint density at radius 3 is 2.50 bits per heavy atom. The highest BCUT2D eigenvalue weighted by Crippen LogP contribution is 2.41. The molecule has 10 heteroatoms. The van der Waals surface area contributed by atoms with Crippen LogP contribution in [0.4, 0.5) is 8.78 Å². The molecule has 1 aromatic carbocycles. The van der Waals surface area contributed by atoms with Crippen LogP contribution in [0.5, 0.6) is 11.5 Å². The molecular formula is C12H13F2NO6S. The van der Waals surface area contributed by atoms with E-state index in [0.29, 0.717) is 0 Å². The van der Waals surface area contributed by atoms with E-state index in [9.17, 15) is 22.0 Å². The van der Waals surface area contributed by atoms with Crippen LogP contribution in [0.3, 0.4) is 0 Å². The average molecular weight is 337 g/mol. The molecule has 0 spiro atoms. The van der Waals surface area contributed by atoms with E-state index in [1.54, 1.807) is 0 Å². The molecule has 1 aromatic rings.